The monoisotopic (exact) mass is 294 g/mol. The zero-order valence-corrected chi connectivity index (χ0v) is 12.7. The number of H-pyrrole nitrogens is 1. The minimum absolute atomic E-state index is 0.0700. The van der Waals surface area contributed by atoms with Crippen LogP contribution in [-0.2, 0) is 6.54 Å². The van der Waals surface area contributed by atoms with Gasteiger partial charge in [0, 0.05) is 6.54 Å². The van der Waals surface area contributed by atoms with Gasteiger partial charge in [0.2, 0.25) is 0 Å². The molecule has 19 heavy (non-hydrogen) atoms. The Labute approximate surface area is 121 Å². The van der Waals surface area contributed by atoms with Crippen molar-refractivity contribution in [1.29, 1.82) is 0 Å². The largest absolute Gasteiger partial charge is 0.331 e. The molecule has 0 amide bonds. The predicted molar refractivity (Wildman–Crippen MR) is 82.5 cm³/mol. The summed E-state index contributed by atoms with van der Waals surface area (Å²) in [5.74, 6) is 0. The number of rotatable bonds is 2. The van der Waals surface area contributed by atoms with Crippen LogP contribution in [0, 0.1) is 10.2 Å². The first-order valence-corrected chi connectivity index (χ1v) is 8.08. The number of thiophene rings is 1. The average molecular weight is 294 g/mol. The summed E-state index contributed by atoms with van der Waals surface area (Å²) >= 11 is 6.85. The Kier molecular flexibility index (Phi) is 3.35. The van der Waals surface area contributed by atoms with E-state index in [4.69, 9.17) is 12.2 Å². The number of aromatic amines is 1. The van der Waals surface area contributed by atoms with Crippen molar-refractivity contribution in [2.75, 3.05) is 0 Å². The van der Waals surface area contributed by atoms with Crippen molar-refractivity contribution in [2.45, 2.75) is 45.6 Å². The summed E-state index contributed by atoms with van der Waals surface area (Å²) < 4.78 is 3.11. The van der Waals surface area contributed by atoms with Gasteiger partial charge in [-0.3, -0.25) is 9.36 Å². The molecule has 0 atom stereocenters. The quantitative estimate of drug-likeness (QED) is 0.847. The number of hydrogen-bond acceptors (Lipinski definition) is 3. The normalized spacial score (nSPS) is 18.8. The maximum absolute atomic E-state index is 12.5. The lowest BCUT2D eigenvalue weighted by molar-refractivity contribution is 0.180. The van der Waals surface area contributed by atoms with Gasteiger partial charge in [0.15, 0.2) is 4.77 Å². The molecule has 1 N–H and O–H groups in total. The Hall–Kier alpha value is -0.940. The van der Waals surface area contributed by atoms with Crippen molar-refractivity contribution < 1.29 is 0 Å². The molecule has 0 aliphatic heterocycles. The van der Waals surface area contributed by atoms with Gasteiger partial charge < -0.3 is 4.98 Å². The molecule has 0 saturated heterocycles. The first-order chi connectivity index (χ1) is 9.09. The highest BCUT2D eigenvalue weighted by atomic mass is 32.1. The Balaban J connectivity index is 2.05. The second kappa shape index (κ2) is 4.87. The highest BCUT2D eigenvalue weighted by Crippen LogP contribution is 2.37. The van der Waals surface area contributed by atoms with Crippen LogP contribution < -0.4 is 5.56 Å². The molecule has 102 valence electrons. The van der Waals surface area contributed by atoms with Gasteiger partial charge in [-0.05, 0) is 41.9 Å². The van der Waals surface area contributed by atoms with E-state index in [0.29, 0.717) is 4.77 Å². The van der Waals surface area contributed by atoms with E-state index < -0.39 is 0 Å². The van der Waals surface area contributed by atoms with E-state index in [-0.39, 0.29) is 11.0 Å². The van der Waals surface area contributed by atoms with Crippen LogP contribution in [0.25, 0.3) is 10.2 Å². The van der Waals surface area contributed by atoms with Crippen LogP contribution in [0.3, 0.4) is 0 Å². The molecule has 0 unspecified atom stereocenters. The lowest BCUT2D eigenvalue weighted by atomic mass is 9.75. The SMILES string of the molecule is CC1(Cn2c(=S)[nH]c3ccsc3c2=O)CCCCC1. The van der Waals surface area contributed by atoms with Gasteiger partial charge in [-0.15, -0.1) is 11.3 Å². The van der Waals surface area contributed by atoms with Crippen molar-refractivity contribution >= 4 is 33.8 Å². The number of nitrogens with one attached hydrogen (secondary N) is 1. The Morgan fingerprint density at radius 2 is 2.16 bits per heavy atom. The maximum atomic E-state index is 12.5. The van der Waals surface area contributed by atoms with Crippen LogP contribution in [0.5, 0.6) is 0 Å². The topological polar surface area (TPSA) is 37.8 Å². The summed E-state index contributed by atoms with van der Waals surface area (Å²) in [6.07, 6.45) is 6.24. The predicted octanol–water partition coefficient (Wildman–Crippen LogP) is 4.09. The minimum Gasteiger partial charge on any atom is -0.331 e. The molecule has 1 aliphatic rings. The van der Waals surface area contributed by atoms with E-state index >= 15 is 0 Å². The first kappa shape index (κ1) is 13.1. The van der Waals surface area contributed by atoms with Gasteiger partial charge in [0.1, 0.15) is 4.70 Å². The van der Waals surface area contributed by atoms with Crippen LogP contribution in [0.15, 0.2) is 16.2 Å². The van der Waals surface area contributed by atoms with Crippen molar-refractivity contribution in [1.82, 2.24) is 9.55 Å². The zero-order chi connectivity index (χ0) is 13.5. The highest BCUT2D eigenvalue weighted by molar-refractivity contribution is 7.71. The van der Waals surface area contributed by atoms with Gasteiger partial charge in [-0.25, -0.2) is 0 Å². The molecule has 3 rings (SSSR count). The summed E-state index contributed by atoms with van der Waals surface area (Å²) in [7, 11) is 0. The molecular weight excluding hydrogens is 276 g/mol. The maximum Gasteiger partial charge on any atom is 0.272 e. The zero-order valence-electron chi connectivity index (χ0n) is 11.1. The number of nitrogens with zero attached hydrogens (tertiary/aromatic N) is 1. The molecule has 0 aromatic carbocycles. The average Bonchev–Trinajstić information content (AvgIpc) is 2.83. The summed E-state index contributed by atoms with van der Waals surface area (Å²) in [4.78, 5) is 15.7. The van der Waals surface area contributed by atoms with Crippen molar-refractivity contribution in [3.8, 4) is 0 Å². The van der Waals surface area contributed by atoms with Gasteiger partial charge >= 0.3 is 0 Å². The van der Waals surface area contributed by atoms with E-state index in [2.05, 4.69) is 11.9 Å². The third kappa shape index (κ3) is 2.41. The second-order valence-electron chi connectivity index (χ2n) is 5.86. The Morgan fingerprint density at radius 1 is 1.42 bits per heavy atom. The first-order valence-electron chi connectivity index (χ1n) is 6.79. The lowest BCUT2D eigenvalue weighted by Crippen LogP contribution is -2.32. The van der Waals surface area contributed by atoms with Crippen molar-refractivity contribution in [3.05, 3.63) is 26.6 Å². The van der Waals surface area contributed by atoms with Crippen LogP contribution in [-0.4, -0.2) is 9.55 Å². The molecule has 0 spiro atoms. The molecule has 2 heterocycles. The van der Waals surface area contributed by atoms with Crippen molar-refractivity contribution in [2.24, 2.45) is 5.41 Å². The summed E-state index contributed by atoms with van der Waals surface area (Å²) in [6.45, 7) is 3.03. The smallest absolute Gasteiger partial charge is 0.272 e. The van der Waals surface area contributed by atoms with Gasteiger partial charge in [-0.2, -0.15) is 0 Å². The van der Waals surface area contributed by atoms with Crippen LogP contribution in [0.4, 0.5) is 0 Å². The summed E-state index contributed by atoms with van der Waals surface area (Å²) in [6, 6.07) is 1.92. The molecule has 1 fully saturated rings. The molecule has 1 saturated carbocycles. The fourth-order valence-corrected chi connectivity index (χ4v) is 4.11. The van der Waals surface area contributed by atoms with Gasteiger partial charge in [-0.1, -0.05) is 26.2 Å². The third-order valence-electron chi connectivity index (χ3n) is 4.19. The number of aromatic nitrogens is 2. The lowest BCUT2D eigenvalue weighted by Gasteiger charge is -2.33. The molecule has 0 radical (unpaired) electrons. The highest BCUT2D eigenvalue weighted by Gasteiger charge is 2.28. The standard InChI is InChI=1S/C14H18N2OS2/c1-14(6-3-2-4-7-14)9-16-12(17)11-10(5-8-19-11)15-13(16)18/h5,8H,2-4,6-7,9H2,1H3,(H,15,18). The molecule has 3 nitrogen and oxygen atoms in total. The van der Waals surface area contributed by atoms with Crippen LogP contribution in [0.2, 0.25) is 0 Å². The minimum atomic E-state index is 0.0700. The fraction of sp³-hybridized carbons (Fsp3) is 0.571. The third-order valence-corrected chi connectivity index (χ3v) is 5.42. The Bertz CT molecular complexity index is 704. The fourth-order valence-electron chi connectivity index (χ4n) is 3.06. The number of hydrogen-bond donors (Lipinski definition) is 1. The van der Waals surface area contributed by atoms with E-state index in [1.165, 1.54) is 43.4 Å². The molecule has 1 aliphatic carbocycles. The van der Waals surface area contributed by atoms with E-state index in [9.17, 15) is 4.79 Å². The van der Waals surface area contributed by atoms with E-state index in [1.54, 1.807) is 4.57 Å². The summed E-state index contributed by atoms with van der Waals surface area (Å²) in [5, 5.41) is 1.93. The molecule has 5 heteroatoms. The van der Waals surface area contributed by atoms with Gasteiger partial charge in [0.25, 0.3) is 5.56 Å². The molecule has 2 aromatic heterocycles. The van der Waals surface area contributed by atoms with Crippen molar-refractivity contribution in [3.63, 3.8) is 0 Å². The molecule has 0 bridgehead atoms. The second-order valence-corrected chi connectivity index (χ2v) is 7.16. The Morgan fingerprint density at radius 3 is 2.89 bits per heavy atom. The summed E-state index contributed by atoms with van der Waals surface area (Å²) in [5.41, 5.74) is 1.15. The van der Waals surface area contributed by atoms with Gasteiger partial charge in [0.05, 0.1) is 5.52 Å². The number of fused-ring (bicyclic) bond motifs is 1. The van der Waals surface area contributed by atoms with E-state index in [0.717, 1.165) is 16.8 Å². The van der Waals surface area contributed by atoms with Crippen LogP contribution in [0.1, 0.15) is 39.0 Å². The molecule has 2 aromatic rings. The van der Waals surface area contributed by atoms with Crippen LogP contribution >= 0.6 is 23.6 Å². The van der Waals surface area contributed by atoms with E-state index in [1.807, 2.05) is 11.4 Å². The molecular formula is C14H18N2OS2.